The van der Waals surface area contributed by atoms with Crippen LogP contribution < -0.4 is 10.4 Å². The molecule has 1 aromatic carbocycles. The van der Waals surface area contributed by atoms with Gasteiger partial charge in [0.1, 0.15) is 17.6 Å². The lowest BCUT2D eigenvalue weighted by Crippen LogP contribution is -2.42. The summed E-state index contributed by atoms with van der Waals surface area (Å²) in [6, 6.07) is 2.74. The topological polar surface area (TPSA) is 69.4 Å². The van der Waals surface area contributed by atoms with Crippen molar-refractivity contribution in [2.75, 3.05) is 13.1 Å². The number of likely N-dealkylation sites (tertiary alicyclic amines) is 1. The van der Waals surface area contributed by atoms with Gasteiger partial charge in [0.25, 0.3) is 5.92 Å². The number of carbonyl (C=O) groups excluding carboxylic acids is 1. The Labute approximate surface area is 183 Å². The van der Waals surface area contributed by atoms with Crippen molar-refractivity contribution in [1.82, 2.24) is 19.2 Å². The van der Waals surface area contributed by atoms with Crippen LogP contribution in [0.25, 0.3) is 0 Å². The number of fused-ring (bicyclic) bond motifs is 1. The minimum absolute atomic E-state index is 0.0900. The summed E-state index contributed by atoms with van der Waals surface area (Å²) in [7, 11) is 0. The van der Waals surface area contributed by atoms with Crippen LogP contribution >= 0.6 is 11.6 Å². The smallest absolute Gasteiger partial charge is 0.404 e. The molecule has 1 aromatic heterocycles. The summed E-state index contributed by atoms with van der Waals surface area (Å²) in [5.74, 6) is -3.80. The number of benzene rings is 1. The fraction of sp³-hybridized carbons (Fsp3) is 0.526. The largest absolute Gasteiger partial charge is 0.573 e. The lowest BCUT2D eigenvalue weighted by Gasteiger charge is -2.27. The van der Waals surface area contributed by atoms with Gasteiger partial charge in [-0.2, -0.15) is 5.10 Å². The molecule has 1 amide bonds. The third-order valence-electron chi connectivity index (χ3n) is 5.45. The number of aryl methyl sites for hydroxylation is 1. The molecule has 3 heterocycles. The fourth-order valence-electron chi connectivity index (χ4n) is 4.02. The van der Waals surface area contributed by atoms with Crippen LogP contribution in [0.4, 0.5) is 22.0 Å². The summed E-state index contributed by atoms with van der Waals surface area (Å²) in [6.45, 7) is -0.965. The molecule has 0 aliphatic carbocycles. The molecule has 13 heteroatoms. The number of rotatable bonds is 4. The molecule has 0 bridgehead atoms. The molecule has 2 aliphatic heterocycles. The Balaban J connectivity index is 1.59. The van der Waals surface area contributed by atoms with Crippen LogP contribution in [0.3, 0.4) is 0 Å². The highest BCUT2D eigenvalue weighted by molar-refractivity contribution is 6.32. The monoisotopic (exact) mass is 480 g/mol. The van der Waals surface area contributed by atoms with Crippen LogP contribution in [-0.4, -0.2) is 50.5 Å². The van der Waals surface area contributed by atoms with Crippen molar-refractivity contribution in [1.29, 1.82) is 0 Å². The quantitative estimate of drug-likeness (QED) is 0.629. The second-order valence-electron chi connectivity index (χ2n) is 7.81. The van der Waals surface area contributed by atoms with Gasteiger partial charge in [0.2, 0.25) is 5.91 Å². The predicted octanol–water partition coefficient (Wildman–Crippen LogP) is 3.39. The maximum absolute atomic E-state index is 13.5. The normalized spacial score (nSPS) is 20.3. The number of hydrogen-bond donors (Lipinski definition) is 0. The van der Waals surface area contributed by atoms with Gasteiger partial charge in [0, 0.05) is 19.4 Å². The summed E-state index contributed by atoms with van der Waals surface area (Å²) < 4.78 is 70.9. The zero-order chi connectivity index (χ0) is 23.3. The summed E-state index contributed by atoms with van der Waals surface area (Å²) >= 11 is 5.75. The Bertz CT molecular complexity index is 1100. The molecule has 32 heavy (non-hydrogen) atoms. The van der Waals surface area contributed by atoms with Crippen molar-refractivity contribution < 1.29 is 31.5 Å². The fourth-order valence-corrected chi connectivity index (χ4v) is 4.18. The van der Waals surface area contributed by atoms with E-state index in [0.29, 0.717) is 25.1 Å². The number of alkyl halides is 5. The van der Waals surface area contributed by atoms with E-state index in [-0.39, 0.29) is 23.7 Å². The highest BCUT2D eigenvalue weighted by Gasteiger charge is 2.43. The maximum Gasteiger partial charge on any atom is 0.573 e. The number of ether oxygens (including phenoxy) is 1. The van der Waals surface area contributed by atoms with Gasteiger partial charge in [-0.25, -0.2) is 18.3 Å². The molecule has 1 fully saturated rings. The zero-order valence-corrected chi connectivity index (χ0v) is 17.3. The van der Waals surface area contributed by atoms with Gasteiger partial charge in [0.15, 0.2) is 0 Å². The molecule has 7 nitrogen and oxygen atoms in total. The molecular formula is C19H18ClF5N4O3. The van der Waals surface area contributed by atoms with E-state index in [1.807, 2.05) is 0 Å². The Morgan fingerprint density at radius 1 is 1.31 bits per heavy atom. The van der Waals surface area contributed by atoms with E-state index < -0.39 is 48.6 Å². The summed E-state index contributed by atoms with van der Waals surface area (Å²) in [4.78, 5) is 26.9. The van der Waals surface area contributed by atoms with Gasteiger partial charge < -0.3 is 9.64 Å². The second kappa shape index (κ2) is 8.05. The molecule has 4 rings (SSSR count). The number of hydrogen-bond acceptors (Lipinski definition) is 4. The standard InChI is InChI=1S/C19H18ClF5N4O3/c20-12-5-4-11(8-14(12)32-19(23,24)25)9-28-17(31)29-13(2-1-3-15(29)26-28)16(30)27-7-6-18(21,22)10-27/h4-5,8,13H,1-3,6-7,9-10H2. The molecule has 2 aromatic rings. The lowest BCUT2D eigenvalue weighted by molar-refractivity contribution is -0.274. The molecule has 1 atom stereocenters. The van der Waals surface area contributed by atoms with Gasteiger partial charge in [-0.15, -0.1) is 13.2 Å². The molecule has 0 N–H and O–H groups in total. The molecule has 0 radical (unpaired) electrons. The Morgan fingerprint density at radius 2 is 2.06 bits per heavy atom. The Morgan fingerprint density at radius 3 is 2.72 bits per heavy atom. The van der Waals surface area contributed by atoms with Crippen LogP contribution in [0, 0.1) is 0 Å². The predicted molar refractivity (Wildman–Crippen MR) is 102 cm³/mol. The van der Waals surface area contributed by atoms with Crippen LogP contribution in [0.1, 0.15) is 36.7 Å². The molecule has 2 aliphatic rings. The van der Waals surface area contributed by atoms with Gasteiger partial charge in [-0.05, 0) is 30.5 Å². The van der Waals surface area contributed by atoms with Crippen molar-refractivity contribution in [2.45, 2.75) is 50.6 Å². The van der Waals surface area contributed by atoms with E-state index in [0.717, 1.165) is 15.6 Å². The van der Waals surface area contributed by atoms with E-state index in [1.54, 1.807) is 0 Å². The van der Waals surface area contributed by atoms with Crippen LogP contribution in [0.5, 0.6) is 5.75 Å². The first-order chi connectivity index (χ1) is 14.9. The summed E-state index contributed by atoms with van der Waals surface area (Å²) in [5.41, 5.74) is -0.370. The molecule has 0 spiro atoms. The number of halogens is 6. The van der Waals surface area contributed by atoms with Crippen molar-refractivity contribution in [3.8, 4) is 5.75 Å². The minimum atomic E-state index is -4.94. The van der Waals surface area contributed by atoms with E-state index in [2.05, 4.69) is 9.84 Å². The Hall–Kier alpha value is -2.63. The maximum atomic E-state index is 13.5. The van der Waals surface area contributed by atoms with Gasteiger partial charge in [-0.3, -0.25) is 9.36 Å². The molecule has 0 saturated carbocycles. The SMILES string of the molecule is O=C(C1CCCc2nn(Cc3ccc(Cl)c(OC(F)(F)F)c3)c(=O)n21)N1CCC(F)(F)C1. The highest BCUT2D eigenvalue weighted by Crippen LogP contribution is 2.32. The third kappa shape index (κ3) is 4.59. The number of aromatic nitrogens is 3. The lowest BCUT2D eigenvalue weighted by atomic mass is 10.0. The van der Waals surface area contributed by atoms with Gasteiger partial charge >= 0.3 is 12.1 Å². The highest BCUT2D eigenvalue weighted by atomic mass is 35.5. The summed E-state index contributed by atoms with van der Waals surface area (Å²) in [5, 5.41) is 3.96. The average molecular weight is 481 g/mol. The molecule has 1 unspecified atom stereocenters. The molecule has 174 valence electrons. The molecule has 1 saturated heterocycles. The first kappa shape index (κ1) is 22.6. The number of nitrogens with zero attached hydrogens (tertiary/aromatic N) is 4. The minimum Gasteiger partial charge on any atom is -0.404 e. The van der Waals surface area contributed by atoms with Crippen molar-refractivity contribution >= 4 is 17.5 Å². The number of carbonyl (C=O) groups is 1. The van der Waals surface area contributed by atoms with Gasteiger partial charge in [0.05, 0.1) is 18.1 Å². The van der Waals surface area contributed by atoms with Crippen LogP contribution in [0.2, 0.25) is 5.02 Å². The average Bonchev–Trinajstić information content (AvgIpc) is 3.22. The van der Waals surface area contributed by atoms with E-state index >= 15 is 0 Å². The first-order valence-electron chi connectivity index (χ1n) is 9.82. The molecular weight excluding hydrogens is 463 g/mol. The number of amides is 1. The Kier molecular flexibility index (Phi) is 5.68. The van der Waals surface area contributed by atoms with E-state index in [4.69, 9.17) is 11.6 Å². The zero-order valence-electron chi connectivity index (χ0n) is 16.5. The van der Waals surface area contributed by atoms with E-state index in [1.165, 1.54) is 16.7 Å². The van der Waals surface area contributed by atoms with Crippen molar-refractivity contribution in [3.05, 3.63) is 45.1 Å². The van der Waals surface area contributed by atoms with Crippen molar-refractivity contribution in [2.24, 2.45) is 0 Å². The van der Waals surface area contributed by atoms with Crippen LogP contribution in [0.15, 0.2) is 23.0 Å². The van der Waals surface area contributed by atoms with Crippen LogP contribution in [-0.2, 0) is 17.8 Å². The van der Waals surface area contributed by atoms with E-state index in [9.17, 15) is 31.5 Å². The van der Waals surface area contributed by atoms with Gasteiger partial charge in [-0.1, -0.05) is 17.7 Å². The second-order valence-corrected chi connectivity index (χ2v) is 8.22. The first-order valence-corrected chi connectivity index (χ1v) is 10.2. The summed E-state index contributed by atoms with van der Waals surface area (Å²) in [6.07, 6.45) is -4.10. The third-order valence-corrected chi connectivity index (χ3v) is 5.76. The van der Waals surface area contributed by atoms with Crippen molar-refractivity contribution in [3.63, 3.8) is 0 Å².